The van der Waals surface area contributed by atoms with Crippen molar-refractivity contribution in [3.63, 3.8) is 0 Å². The van der Waals surface area contributed by atoms with Crippen molar-refractivity contribution >= 4 is 0 Å². The van der Waals surface area contributed by atoms with Gasteiger partial charge in [-0.15, -0.1) is 5.10 Å². The summed E-state index contributed by atoms with van der Waals surface area (Å²) in [6.45, 7) is 2.61. The van der Waals surface area contributed by atoms with Crippen LogP contribution in [0.15, 0.2) is 47.4 Å². The molecule has 164 valence electrons. The summed E-state index contributed by atoms with van der Waals surface area (Å²) in [7, 11) is 0. The number of hydrogen-bond acceptors (Lipinski definition) is 5. The highest BCUT2D eigenvalue weighted by Gasteiger charge is 2.24. The Hall–Kier alpha value is -3.14. The Balaban J connectivity index is 1.37. The molecule has 0 amide bonds. The number of para-hydroxylation sites is 1. The van der Waals surface area contributed by atoms with Crippen LogP contribution >= 0.6 is 0 Å². The van der Waals surface area contributed by atoms with Crippen molar-refractivity contribution in [3.05, 3.63) is 70.2 Å². The van der Waals surface area contributed by atoms with Crippen molar-refractivity contribution < 1.29 is 17.9 Å². The molecule has 0 radical (unpaired) electrons. The van der Waals surface area contributed by atoms with E-state index in [4.69, 9.17) is 4.74 Å². The molecule has 3 aromatic rings. The molecule has 1 saturated heterocycles. The summed E-state index contributed by atoms with van der Waals surface area (Å²) in [5.74, 6) is -1.10. The minimum Gasteiger partial charge on any atom is -0.463 e. The first-order valence-corrected chi connectivity index (χ1v) is 10.0. The molecule has 1 aromatic carbocycles. The number of rotatable bonds is 7. The number of nitrogens with one attached hydrogen (secondary N) is 1. The molecule has 0 bridgehead atoms. The summed E-state index contributed by atoms with van der Waals surface area (Å²) in [6, 6.07) is 9.06. The second-order valence-corrected chi connectivity index (χ2v) is 7.51. The Bertz CT molecular complexity index is 1080. The standard InChI is InChI=1S/C21H22F3N5O2/c22-16-3-1-2-4-17(16)29-21(26-20(27-29)19(23)24)31-13-14-6-9-28(10-7-14)12-15-5-8-25-18(30)11-15/h1-5,8,11,14,19H,6-7,9-10,12-13H2,(H,25,30). The molecular formula is C21H22F3N5O2. The van der Waals surface area contributed by atoms with Gasteiger partial charge in [-0.25, -0.2) is 13.2 Å². The molecule has 10 heteroatoms. The third kappa shape index (κ3) is 5.13. The molecular weight excluding hydrogens is 411 g/mol. The average molecular weight is 433 g/mol. The number of halogens is 3. The number of hydrogen-bond donors (Lipinski definition) is 1. The van der Waals surface area contributed by atoms with E-state index in [0.29, 0.717) is 6.54 Å². The van der Waals surface area contributed by atoms with Gasteiger partial charge in [0.05, 0.1) is 6.61 Å². The minimum absolute atomic E-state index is 0.00423. The van der Waals surface area contributed by atoms with E-state index in [1.807, 2.05) is 6.07 Å². The third-order valence-corrected chi connectivity index (χ3v) is 5.27. The molecule has 0 atom stereocenters. The Labute approximate surface area is 176 Å². The smallest absolute Gasteiger partial charge is 0.320 e. The van der Waals surface area contributed by atoms with Crippen LogP contribution in [-0.4, -0.2) is 44.3 Å². The van der Waals surface area contributed by atoms with Crippen molar-refractivity contribution in [2.45, 2.75) is 25.8 Å². The van der Waals surface area contributed by atoms with E-state index in [-0.39, 0.29) is 29.8 Å². The maximum Gasteiger partial charge on any atom is 0.320 e. The molecule has 1 aliphatic rings. The lowest BCUT2D eigenvalue weighted by Gasteiger charge is -2.31. The number of piperidine rings is 1. The van der Waals surface area contributed by atoms with Gasteiger partial charge < -0.3 is 9.72 Å². The zero-order valence-corrected chi connectivity index (χ0v) is 16.7. The quantitative estimate of drug-likeness (QED) is 0.619. The van der Waals surface area contributed by atoms with Crippen molar-refractivity contribution in [2.75, 3.05) is 19.7 Å². The molecule has 0 spiro atoms. The van der Waals surface area contributed by atoms with Crippen LogP contribution in [0.5, 0.6) is 6.01 Å². The maximum atomic E-state index is 14.1. The number of likely N-dealkylation sites (tertiary alicyclic amines) is 1. The van der Waals surface area contributed by atoms with Crippen LogP contribution < -0.4 is 10.3 Å². The van der Waals surface area contributed by atoms with Gasteiger partial charge in [0.25, 0.3) is 6.43 Å². The summed E-state index contributed by atoms with van der Waals surface area (Å²) in [4.78, 5) is 20.0. The Kier molecular flexibility index (Phi) is 6.36. The number of pyridine rings is 1. The van der Waals surface area contributed by atoms with Crippen LogP contribution in [0, 0.1) is 11.7 Å². The second kappa shape index (κ2) is 9.34. The van der Waals surface area contributed by atoms with E-state index >= 15 is 0 Å². The minimum atomic E-state index is -2.89. The Morgan fingerprint density at radius 2 is 1.97 bits per heavy atom. The lowest BCUT2D eigenvalue weighted by molar-refractivity contribution is 0.129. The van der Waals surface area contributed by atoms with Gasteiger partial charge in [-0.05, 0) is 55.6 Å². The first kappa shape index (κ1) is 21.1. The monoisotopic (exact) mass is 433 g/mol. The maximum absolute atomic E-state index is 14.1. The highest BCUT2D eigenvalue weighted by molar-refractivity contribution is 5.34. The number of aromatic amines is 1. The van der Waals surface area contributed by atoms with E-state index < -0.39 is 18.1 Å². The van der Waals surface area contributed by atoms with E-state index in [1.165, 1.54) is 18.2 Å². The molecule has 3 heterocycles. The molecule has 0 saturated carbocycles. The first-order valence-electron chi connectivity index (χ1n) is 10.0. The fraction of sp³-hybridized carbons (Fsp3) is 0.381. The van der Waals surface area contributed by atoms with Gasteiger partial charge in [0.15, 0.2) is 0 Å². The van der Waals surface area contributed by atoms with Gasteiger partial charge in [0, 0.05) is 18.8 Å². The van der Waals surface area contributed by atoms with Crippen molar-refractivity contribution in [3.8, 4) is 11.7 Å². The lowest BCUT2D eigenvalue weighted by Crippen LogP contribution is -2.35. The highest BCUT2D eigenvalue weighted by Crippen LogP contribution is 2.25. The summed E-state index contributed by atoms with van der Waals surface area (Å²) in [5, 5.41) is 3.72. The molecule has 1 fully saturated rings. The highest BCUT2D eigenvalue weighted by atomic mass is 19.3. The van der Waals surface area contributed by atoms with Gasteiger partial charge in [-0.3, -0.25) is 9.69 Å². The lowest BCUT2D eigenvalue weighted by atomic mass is 9.97. The van der Waals surface area contributed by atoms with Gasteiger partial charge in [-0.1, -0.05) is 12.1 Å². The largest absolute Gasteiger partial charge is 0.463 e. The van der Waals surface area contributed by atoms with Crippen molar-refractivity contribution in [1.29, 1.82) is 0 Å². The molecule has 1 N–H and O–H groups in total. The van der Waals surface area contributed by atoms with Crippen LogP contribution in [0.2, 0.25) is 0 Å². The fourth-order valence-electron chi connectivity index (χ4n) is 3.63. The molecule has 2 aromatic heterocycles. The molecule has 4 rings (SSSR count). The van der Waals surface area contributed by atoms with E-state index in [9.17, 15) is 18.0 Å². The van der Waals surface area contributed by atoms with Gasteiger partial charge in [0.2, 0.25) is 11.4 Å². The van der Waals surface area contributed by atoms with Crippen LogP contribution in [-0.2, 0) is 6.54 Å². The number of alkyl halides is 2. The van der Waals surface area contributed by atoms with E-state index in [2.05, 4.69) is 20.0 Å². The second-order valence-electron chi connectivity index (χ2n) is 7.51. The Morgan fingerprint density at radius 3 is 2.68 bits per heavy atom. The summed E-state index contributed by atoms with van der Waals surface area (Å²) in [5.41, 5.74) is 0.837. The number of ether oxygens (including phenoxy) is 1. The number of nitrogens with zero attached hydrogens (tertiary/aromatic N) is 4. The zero-order valence-electron chi connectivity index (χ0n) is 16.7. The number of benzene rings is 1. The van der Waals surface area contributed by atoms with Gasteiger partial charge in [0.1, 0.15) is 11.5 Å². The van der Waals surface area contributed by atoms with Crippen molar-refractivity contribution in [2.24, 2.45) is 5.92 Å². The van der Waals surface area contributed by atoms with E-state index in [0.717, 1.165) is 36.2 Å². The first-order chi connectivity index (χ1) is 15.0. The van der Waals surface area contributed by atoms with E-state index in [1.54, 1.807) is 18.3 Å². The Morgan fingerprint density at radius 1 is 1.19 bits per heavy atom. The normalized spacial score (nSPS) is 15.5. The molecule has 31 heavy (non-hydrogen) atoms. The summed E-state index contributed by atoms with van der Waals surface area (Å²) < 4.78 is 47.1. The fourth-order valence-corrected chi connectivity index (χ4v) is 3.63. The SMILES string of the molecule is O=c1cc(CN2CCC(COc3nc(C(F)F)nn3-c3ccccc3F)CC2)cc[nH]1. The number of H-pyrrole nitrogens is 1. The average Bonchev–Trinajstić information content (AvgIpc) is 3.18. The van der Waals surface area contributed by atoms with Crippen LogP contribution in [0.3, 0.4) is 0 Å². The third-order valence-electron chi connectivity index (χ3n) is 5.27. The predicted molar refractivity (Wildman–Crippen MR) is 107 cm³/mol. The van der Waals surface area contributed by atoms with Crippen LogP contribution in [0.4, 0.5) is 13.2 Å². The van der Waals surface area contributed by atoms with Gasteiger partial charge in [-0.2, -0.15) is 9.67 Å². The molecule has 7 nitrogen and oxygen atoms in total. The summed E-state index contributed by atoms with van der Waals surface area (Å²) >= 11 is 0. The molecule has 0 aliphatic carbocycles. The zero-order chi connectivity index (χ0) is 21.8. The predicted octanol–water partition coefficient (Wildman–Crippen LogP) is 3.32. The molecule has 1 aliphatic heterocycles. The summed E-state index contributed by atoms with van der Waals surface area (Å²) in [6.07, 6.45) is 0.443. The van der Waals surface area contributed by atoms with Crippen LogP contribution in [0.25, 0.3) is 5.69 Å². The van der Waals surface area contributed by atoms with Crippen LogP contribution in [0.1, 0.15) is 30.7 Å². The van der Waals surface area contributed by atoms with Crippen molar-refractivity contribution in [1.82, 2.24) is 24.6 Å². The number of aromatic nitrogens is 4. The molecule has 0 unspecified atom stereocenters. The van der Waals surface area contributed by atoms with Gasteiger partial charge >= 0.3 is 6.01 Å². The topological polar surface area (TPSA) is 76.0 Å².